The van der Waals surface area contributed by atoms with Crippen LogP contribution in [0.1, 0.15) is 36.1 Å². The summed E-state index contributed by atoms with van der Waals surface area (Å²) in [6, 6.07) is 28.8. The van der Waals surface area contributed by atoms with E-state index in [1.54, 1.807) is 0 Å². The van der Waals surface area contributed by atoms with Crippen molar-refractivity contribution in [2.45, 2.75) is 33.0 Å². The highest BCUT2D eigenvalue weighted by Crippen LogP contribution is 2.36. The van der Waals surface area contributed by atoms with Crippen LogP contribution in [-0.2, 0) is 23.9 Å². The average Bonchev–Trinajstić information content (AvgIpc) is 3.52. The predicted molar refractivity (Wildman–Crippen MR) is 164 cm³/mol. The first kappa shape index (κ1) is 29.7. The number of carbonyl (C=O) groups is 1. The molecule has 0 unspecified atom stereocenters. The zero-order chi connectivity index (χ0) is 30.4. The Kier molecular flexibility index (Phi) is 8.99. The molecule has 1 N–H and O–H groups in total. The molecule has 0 aliphatic carbocycles. The number of nitrogens with zero attached hydrogens (tertiary/aromatic N) is 4. The smallest absolute Gasteiger partial charge is 0.365 e. The third kappa shape index (κ3) is 7.35. The van der Waals surface area contributed by atoms with Crippen molar-refractivity contribution in [1.82, 2.24) is 0 Å². The Morgan fingerprint density at radius 2 is 1.60 bits per heavy atom. The Hall–Kier alpha value is -4.79. The van der Waals surface area contributed by atoms with Crippen molar-refractivity contribution >= 4 is 23.0 Å². The van der Waals surface area contributed by atoms with Crippen LogP contribution >= 0.6 is 0 Å². The molecular formula is C34H32F3N5O. The maximum absolute atomic E-state index is 13.7. The van der Waals surface area contributed by atoms with Gasteiger partial charge in [0.2, 0.25) is 5.91 Å². The zero-order valence-corrected chi connectivity index (χ0v) is 24.0. The fourth-order valence-electron chi connectivity index (χ4n) is 5.23. The topological polar surface area (TPSA) is 69.4 Å². The minimum absolute atomic E-state index is 0.0781. The van der Waals surface area contributed by atoms with Crippen LogP contribution in [0.4, 0.5) is 24.5 Å². The second-order valence-corrected chi connectivity index (χ2v) is 10.9. The Morgan fingerprint density at radius 3 is 2.30 bits per heavy atom. The lowest BCUT2D eigenvalue weighted by Gasteiger charge is -2.29. The van der Waals surface area contributed by atoms with Crippen LogP contribution in [-0.4, -0.2) is 24.7 Å². The molecule has 0 saturated carbocycles. The van der Waals surface area contributed by atoms with E-state index in [4.69, 9.17) is 0 Å². The van der Waals surface area contributed by atoms with Crippen molar-refractivity contribution in [1.29, 1.82) is 0 Å². The van der Waals surface area contributed by atoms with Crippen LogP contribution in [0.15, 0.2) is 113 Å². The summed E-state index contributed by atoms with van der Waals surface area (Å²) in [5.41, 5.74) is 4.82. The van der Waals surface area contributed by atoms with Gasteiger partial charge in [-0.15, -0.1) is 5.10 Å². The van der Waals surface area contributed by atoms with Crippen molar-refractivity contribution in [3.8, 4) is 11.1 Å². The van der Waals surface area contributed by atoms with Crippen molar-refractivity contribution in [3.05, 3.63) is 119 Å². The number of anilines is 2. The number of alkyl halides is 3. The zero-order valence-electron chi connectivity index (χ0n) is 24.0. The number of hydrogen-bond acceptors (Lipinski definition) is 5. The van der Waals surface area contributed by atoms with Gasteiger partial charge in [0, 0.05) is 18.7 Å². The molecule has 1 amide bonds. The maximum atomic E-state index is 13.7. The molecule has 4 aromatic carbocycles. The second kappa shape index (κ2) is 13.0. The summed E-state index contributed by atoms with van der Waals surface area (Å²) in [5.74, 6) is -0.232. The minimum atomic E-state index is -4.56. The van der Waals surface area contributed by atoms with E-state index in [1.807, 2.05) is 72.8 Å². The van der Waals surface area contributed by atoms with Gasteiger partial charge in [0.1, 0.15) is 6.54 Å². The fourth-order valence-corrected chi connectivity index (χ4v) is 5.23. The first-order valence-electron chi connectivity index (χ1n) is 14.1. The summed E-state index contributed by atoms with van der Waals surface area (Å²) in [4.78, 5) is 15.6. The highest BCUT2D eigenvalue weighted by Gasteiger charge is 2.33. The van der Waals surface area contributed by atoms with E-state index in [9.17, 15) is 18.0 Å². The molecule has 4 aromatic rings. The van der Waals surface area contributed by atoms with Crippen molar-refractivity contribution in [2.24, 2.45) is 21.4 Å². The summed E-state index contributed by atoms with van der Waals surface area (Å²) < 4.78 is 41.0. The van der Waals surface area contributed by atoms with Crippen LogP contribution in [0, 0.1) is 5.92 Å². The van der Waals surface area contributed by atoms with Crippen LogP contribution in [0.25, 0.3) is 11.1 Å². The lowest BCUT2D eigenvalue weighted by molar-refractivity contribution is -0.138. The van der Waals surface area contributed by atoms with Crippen LogP contribution in [0.3, 0.4) is 0 Å². The second-order valence-electron chi connectivity index (χ2n) is 10.9. The van der Waals surface area contributed by atoms with E-state index >= 15 is 0 Å². The maximum Gasteiger partial charge on any atom is 0.416 e. The number of benzene rings is 4. The SMILES string of the molecule is CC(C)CN(Cc1ccccc1)c1ccc(-c2ccccc2C2=NN=NC2)cc1NC(=O)Cc1ccccc1C(F)(F)F. The Bertz CT molecular complexity index is 1650. The number of nitrogens with one attached hydrogen (secondary N) is 1. The molecule has 1 aliphatic rings. The lowest BCUT2D eigenvalue weighted by Crippen LogP contribution is -2.28. The lowest BCUT2D eigenvalue weighted by atomic mass is 9.95. The number of rotatable bonds is 10. The molecular weight excluding hydrogens is 551 g/mol. The van der Waals surface area contributed by atoms with E-state index < -0.39 is 24.1 Å². The van der Waals surface area contributed by atoms with E-state index in [2.05, 4.69) is 39.5 Å². The van der Waals surface area contributed by atoms with Crippen LogP contribution in [0.2, 0.25) is 0 Å². The summed E-state index contributed by atoms with van der Waals surface area (Å²) in [5, 5.41) is 14.9. The van der Waals surface area contributed by atoms with E-state index in [0.29, 0.717) is 31.2 Å². The Labute approximate surface area is 249 Å². The van der Waals surface area contributed by atoms with E-state index in [0.717, 1.165) is 39.7 Å². The molecule has 220 valence electrons. The standard InChI is InChI=1S/C34H32F3N5O/c1-23(2)21-42(22-24-10-4-3-5-11-24)32-17-16-25(27-13-7-8-14-28(27)31-20-38-41-40-31)18-30(32)39-33(43)19-26-12-6-9-15-29(26)34(35,36)37/h3-18,23H,19-22H2,1-2H3,(H,39,43). The molecule has 1 aliphatic heterocycles. The van der Waals surface area contributed by atoms with Crippen molar-refractivity contribution < 1.29 is 18.0 Å². The quantitative estimate of drug-likeness (QED) is 0.204. The first-order chi connectivity index (χ1) is 20.7. The molecule has 0 bridgehead atoms. The molecule has 0 spiro atoms. The van der Waals surface area contributed by atoms with Gasteiger partial charge >= 0.3 is 6.18 Å². The molecule has 0 atom stereocenters. The normalized spacial score (nSPS) is 12.8. The molecule has 9 heteroatoms. The highest BCUT2D eigenvalue weighted by atomic mass is 19.4. The molecule has 6 nitrogen and oxygen atoms in total. The third-order valence-corrected chi connectivity index (χ3v) is 7.09. The van der Waals surface area contributed by atoms with Crippen LogP contribution in [0.5, 0.6) is 0 Å². The first-order valence-corrected chi connectivity index (χ1v) is 14.1. The van der Waals surface area contributed by atoms with Gasteiger partial charge in [0.15, 0.2) is 0 Å². The monoisotopic (exact) mass is 583 g/mol. The summed E-state index contributed by atoms with van der Waals surface area (Å²) in [6.45, 7) is 5.90. The minimum Gasteiger partial charge on any atom is -0.365 e. The van der Waals surface area contributed by atoms with Crippen molar-refractivity contribution in [2.75, 3.05) is 23.3 Å². The van der Waals surface area contributed by atoms with Gasteiger partial charge in [-0.05, 0) is 51.6 Å². The fraction of sp³-hybridized carbons (Fsp3) is 0.235. The Balaban J connectivity index is 1.55. The largest absolute Gasteiger partial charge is 0.416 e. The van der Waals surface area contributed by atoms with Gasteiger partial charge in [-0.1, -0.05) is 92.7 Å². The molecule has 0 saturated heterocycles. The summed E-state index contributed by atoms with van der Waals surface area (Å²) in [6.07, 6.45) is -4.98. The molecule has 5 rings (SSSR count). The van der Waals surface area contributed by atoms with Gasteiger partial charge in [0.05, 0.1) is 29.1 Å². The number of carbonyl (C=O) groups excluding carboxylic acids is 1. The number of amides is 1. The summed E-state index contributed by atoms with van der Waals surface area (Å²) >= 11 is 0. The number of halogens is 3. The van der Waals surface area contributed by atoms with Crippen molar-refractivity contribution in [3.63, 3.8) is 0 Å². The van der Waals surface area contributed by atoms with E-state index in [-0.39, 0.29) is 5.56 Å². The van der Waals surface area contributed by atoms with Gasteiger partial charge in [-0.25, -0.2) is 0 Å². The van der Waals surface area contributed by atoms with E-state index in [1.165, 1.54) is 18.2 Å². The molecule has 0 radical (unpaired) electrons. The highest BCUT2D eigenvalue weighted by molar-refractivity contribution is 6.08. The summed E-state index contributed by atoms with van der Waals surface area (Å²) in [7, 11) is 0. The van der Waals surface area contributed by atoms with Crippen LogP contribution < -0.4 is 10.2 Å². The van der Waals surface area contributed by atoms with Gasteiger partial charge in [-0.3, -0.25) is 4.79 Å². The van der Waals surface area contributed by atoms with Gasteiger partial charge in [-0.2, -0.15) is 18.3 Å². The average molecular weight is 584 g/mol. The third-order valence-electron chi connectivity index (χ3n) is 7.09. The molecule has 1 heterocycles. The molecule has 0 aromatic heterocycles. The molecule has 43 heavy (non-hydrogen) atoms. The van der Waals surface area contributed by atoms with Gasteiger partial charge in [0.25, 0.3) is 0 Å². The predicted octanol–water partition coefficient (Wildman–Crippen LogP) is 8.39. The molecule has 0 fully saturated rings. The Morgan fingerprint density at radius 1 is 0.907 bits per heavy atom. The number of hydrogen-bond donors (Lipinski definition) is 1. The van der Waals surface area contributed by atoms with Gasteiger partial charge < -0.3 is 10.2 Å².